The molecule has 1 heterocycles. The van der Waals surface area contributed by atoms with Gasteiger partial charge < -0.3 is 10.1 Å². The number of carbonyl (C=O) groups is 1. The van der Waals surface area contributed by atoms with Crippen LogP contribution in [-0.4, -0.2) is 25.7 Å². The van der Waals surface area contributed by atoms with Crippen molar-refractivity contribution in [3.05, 3.63) is 0 Å². The zero-order valence-electron chi connectivity index (χ0n) is 9.13. The molecule has 0 saturated carbocycles. The predicted molar refractivity (Wildman–Crippen MR) is 54.9 cm³/mol. The molecule has 0 bridgehead atoms. The number of esters is 1. The summed E-state index contributed by atoms with van der Waals surface area (Å²) in [5.74, 6) is 0.823. The van der Waals surface area contributed by atoms with Crippen LogP contribution in [0.3, 0.4) is 0 Å². The minimum Gasteiger partial charge on any atom is -0.466 e. The highest BCUT2D eigenvalue weighted by Gasteiger charge is 2.15. The molecule has 0 unspecified atom stereocenters. The maximum atomic E-state index is 11.1. The summed E-state index contributed by atoms with van der Waals surface area (Å²) in [4.78, 5) is 11.1. The van der Waals surface area contributed by atoms with Crippen molar-refractivity contribution < 1.29 is 14.8 Å². The van der Waals surface area contributed by atoms with Gasteiger partial charge in [0.1, 0.15) is 0 Å². The quantitative estimate of drug-likeness (QED) is 0.664. The van der Waals surface area contributed by atoms with Gasteiger partial charge in [-0.2, -0.15) is 0 Å². The van der Waals surface area contributed by atoms with Crippen molar-refractivity contribution in [2.45, 2.75) is 39.0 Å². The zero-order chi connectivity index (χ0) is 10.2. The standard InChI is InChI=1S/C11H21NO2/c1-2-14-11(13)5-3-4-10-6-8-12-9-7-10/h10,12H,2-9H2,1H3/p+1. The highest BCUT2D eigenvalue weighted by Crippen LogP contribution is 2.16. The molecule has 1 rings (SSSR count). The van der Waals surface area contributed by atoms with Gasteiger partial charge in [0.25, 0.3) is 0 Å². The summed E-state index contributed by atoms with van der Waals surface area (Å²) in [7, 11) is 0. The number of ether oxygens (including phenoxy) is 1. The fourth-order valence-electron chi connectivity index (χ4n) is 2.05. The Balaban J connectivity index is 1.99. The van der Waals surface area contributed by atoms with Crippen molar-refractivity contribution in [2.24, 2.45) is 5.92 Å². The lowest BCUT2D eigenvalue weighted by Gasteiger charge is -2.19. The van der Waals surface area contributed by atoms with Crippen molar-refractivity contribution in [3.63, 3.8) is 0 Å². The van der Waals surface area contributed by atoms with Crippen LogP contribution in [0.5, 0.6) is 0 Å². The third kappa shape index (κ3) is 4.61. The number of hydrogen-bond acceptors (Lipinski definition) is 2. The molecule has 0 radical (unpaired) electrons. The van der Waals surface area contributed by atoms with E-state index in [0.717, 1.165) is 12.3 Å². The van der Waals surface area contributed by atoms with Gasteiger partial charge in [0.15, 0.2) is 0 Å². The summed E-state index contributed by atoms with van der Waals surface area (Å²) in [5, 5.41) is 2.38. The summed E-state index contributed by atoms with van der Waals surface area (Å²) >= 11 is 0. The van der Waals surface area contributed by atoms with E-state index >= 15 is 0 Å². The number of nitrogens with two attached hydrogens (primary N) is 1. The highest BCUT2D eigenvalue weighted by molar-refractivity contribution is 5.69. The molecular formula is C11H22NO2+. The third-order valence-corrected chi connectivity index (χ3v) is 2.86. The molecule has 0 aromatic rings. The molecule has 0 aromatic carbocycles. The normalized spacial score (nSPS) is 18.1. The minimum atomic E-state index is -0.0325. The molecule has 1 fully saturated rings. The van der Waals surface area contributed by atoms with Gasteiger partial charge in [0.05, 0.1) is 19.7 Å². The van der Waals surface area contributed by atoms with Gasteiger partial charge in [-0.05, 0) is 38.5 Å². The van der Waals surface area contributed by atoms with Gasteiger partial charge >= 0.3 is 5.97 Å². The van der Waals surface area contributed by atoms with E-state index < -0.39 is 0 Å². The van der Waals surface area contributed by atoms with Crippen molar-refractivity contribution in [1.29, 1.82) is 0 Å². The van der Waals surface area contributed by atoms with Crippen LogP contribution in [0.4, 0.5) is 0 Å². The molecule has 0 aromatic heterocycles. The first-order chi connectivity index (χ1) is 6.83. The Morgan fingerprint density at radius 2 is 2.14 bits per heavy atom. The lowest BCUT2D eigenvalue weighted by Crippen LogP contribution is -2.86. The molecule has 0 atom stereocenters. The van der Waals surface area contributed by atoms with E-state index in [-0.39, 0.29) is 5.97 Å². The molecule has 2 N–H and O–H groups in total. The van der Waals surface area contributed by atoms with E-state index in [2.05, 4.69) is 5.32 Å². The van der Waals surface area contributed by atoms with Crippen LogP contribution in [0.15, 0.2) is 0 Å². The molecule has 0 aliphatic carbocycles. The number of carbonyl (C=O) groups excluding carboxylic acids is 1. The van der Waals surface area contributed by atoms with Crippen LogP contribution < -0.4 is 5.32 Å². The molecule has 1 aliphatic rings. The van der Waals surface area contributed by atoms with Crippen LogP contribution in [0, 0.1) is 5.92 Å². The van der Waals surface area contributed by atoms with Crippen LogP contribution in [0.2, 0.25) is 0 Å². The van der Waals surface area contributed by atoms with E-state index in [1.54, 1.807) is 0 Å². The lowest BCUT2D eigenvalue weighted by atomic mass is 9.92. The maximum absolute atomic E-state index is 11.1. The Kier molecular flexibility index (Phi) is 5.60. The first-order valence-electron chi connectivity index (χ1n) is 5.80. The Morgan fingerprint density at radius 1 is 1.43 bits per heavy atom. The molecule has 82 valence electrons. The summed E-state index contributed by atoms with van der Waals surface area (Å²) in [6, 6.07) is 0. The molecule has 3 nitrogen and oxygen atoms in total. The van der Waals surface area contributed by atoms with Gasteiger partial charge in [-0.1, -0.05) is 0 Å². The second-order valence-electron chi connectivity index (χ2n) is 4.01. The largest absolute Gasteiger partial charge is 0.466 e. The monoisotopic (exact) mass is 200 g/mol. The van der Waals surface area contributed by atoms with Crippen LogP contribution in [0.1, 0.15) is 39.0 Å². The first kappa shape index (κ1) is 11.5. The highest BCUT2D eigenvalue weighted by atomic mass is 16.5. The van der Waals surface area contributed by atoms with Crippen molar-refractivity contribution in [2.75, 3.05) is 19.7 Å². The first-order valence-corrected chi connectivity index (χ1v) is 5.80. The number of quaternary nitrogens is 1. The van der Waals surface area contributed by atoms with Crippen molar-refractivity contribution in [1.82, 2.24) is 0 Å². The molecule has 1 saturated heterocycles. The average molecular weight is 200 g/mol. The van der Waals surface area contributed by atoms with E-state index in [4.69, 9.17) is 4.74 Å². The molecule has 0 spiro atoms. The fourth-order valence-corrected chi connectivity index (χ4v) is 2.05. The maximum Gasteiger partial charge on any atom is 0.305 e. The van der Waals surface area contributed by atoms with E-state index in [0.29, 0.717) is 13.0 Å². The Hall–Kier alpha value is -0.570. The topological polar surface area (TPSA) is 42.9 Å². The molecule has 3 heteroatoms. The van der Waals surface area contributed by atoms with Gasteiger partial charge in [-0.25, -0.2) is 0 Å². The van der Waals surface area contributed by atoms with E-state index in [1.165, 1.54) is 32.4 Å². The molecule has 14 heavy (non-hydrogen) atoms. The summed E-state index contributed by atoms with van der Waals surface area (Å²) in [5.41, 5.74) is 0. The van der Waals surface area contributed by atoms with Gasteiger partial charge in [0, 0.05) is 6.42 Å². The van der Waals surface area contributed by atoms with Crippen LogP contribution in [0.25, 0.3) is 0 Å². The summed E-state index contributed by atoms with van der Waals surface area (Å²) < 4.78 is 4.89. The number of hydrogen-bond donors (Lipinski definition) is 1. The Labute approximate surface area is 86.2 Å². The Morgan fingerprint density at radius 3 is 2.79 bits per heavy atom. The van der Waals surface area contributed by atoms with E-state index in [9.17, 15) is 4.79 Å². The molecule has 0 amide bonds. The van der Waals surface area contributed by atoms with Gasteiger partial charge in [0.2, 0.25) is 0 Å². The second kappa shape index (κ2) is 6.82. The third-order valence-electron chi connectivity index (χ3n) is 2.86. The number of rotatable bonds is 5. The van der Waals surface area contributed by atoms with E-state index in [1.807, 2.05) is 6.92 Å². The average Bonchev–Trinajstić information content (AvgIpc) is 2.20. The SMILES string of the molecule is CCOC(=O)CCCC1CC[NH2+]CC1. The van der Waals surface area contributed by atoms with Gasteiger partial charge in [-0.3, -0.25) is 4.79 Å². The Bertz CT molecular complexity index is 165. The predicted octanol–water partition coefficient (Wildman–Crippen LogP) is 0.693. The zero-order valence-corrected chi connectivity index (χ0v) is 9.13. The minimum absolute atomic E-state index is 0.0325. The lowest BCUT2D eigenvalue weighted by molar-refractivity contribution is -0.664. The molecule has 1 aliphatic heterocycles. The fraction of sp³-hybridized carbons (Fsp3) is 0.909. The van der Waals surface area contributed by atoms with Crippen LogP contribution in [-0.2, 0) is 9.53 Å². The summed E-state index contributed by atoms with van der Waals surface area (Å²) in [6.07, 6.45) is 5.45. The van der Waals surface area contributed by atoms with Crippen molar-refractivity contribution in [3.8, 4) is 0 Å². The van der Waals surface area contributed by atoms with Crippen molar-refractivity contribution >= 4 is 5.97 Å². The summed E-state index contributed by atoms with van der Waals surface area (Å²) in [6.45, 7) is 4.90. The molecular weight excluding hydrogens is 178 g/mol. The second-order valence-corrected chi connectivity index (χ2v) is 4.01. The van der Waals surface area contributed by atoms with Gasteiger partial charge in [-0.15, -0.1) is 0 Å². The smallest absolute Gasteiger partial charge is 0.305 e. The number of piperidine rings is 1. The van der Waals surface area contributed by atoms with Crippen LogP contribution >= 0.6 is 0 Å².